The second-order valence-electron chi connectivity index (χ2n) is 5.56. The summed E-state index contributed by atoms with van der Waals surface area (Å²) in [6.45, 7) is 1.88. The monoisotopic (exact) mass is 301 g/mol. The van der Waals surface area contributed by atoms with Crippen LogP contribution in [0, 0.1) is 0 Å². The van der Waals surface area contributed by atoms with Crippen LogP contribution in [-0.2, 0) is 6.54 Å². The van der Waals surface area contributed by atoms with Gasteiger partial charge in [-0.3, -0.25) is 4.68 Å². The summed E-state index contributed by atoms with van der Waals surface area (Å²) in [4.78, 5) is 1.34. The third-order valence-corrected chi connectivity index (χ3v) is 4.97. The molecule has 1 fully saturated rings. The first-order chi connectivity index (χ1) is 10.4. The van der Waals surface area contributed by atoms with E-state index in [9.17, 15) is 0 Å². The third-order valence-electron chi connectivity index (χ3n) is 3.96. The predicted octanol–water partition coefficient (Wildman–Crippen LogP) is 3.88. The number of aromatic nitrogens is 2. The highest BCUT2D eigenvalue weighted by Crippen LogP contribution is 2.28. The van der Waals surface area contributed by atoms with Crippen molar-refractivity contribution in [3.63, 3.8) is 0 Å². The topological polar surface area (TPSA) is 29.9 Å². The first kappa shape index (κ1) is 14.7. The fourth-order valence-electron chi connectivity index (χ4n) is 2.82. The molecule has 2 aromatic rings. The smallest absolute Gasteiger partial charge is 0.0762 e. The highest BCUT2D eigenvalue weighted by Gasteiger charge is 2.17. The van der Waals surface area contributed by atoms with Gasteiger partial charge in [0.1, 0.15) is 0 Å². The lowest BCUT2D eigenvalue weighted by molar-refractivity contribution is 0.461. The summed E-state index contributed by atoms with van der Waals surface area (Å²) in [5.74, 6) is 1.09. The van der Waals surface area contributed by atoms with E-state index in [0.29, 0.717) is 6.04 Å². The van der Waals surface area contributed by atoms with Crippen molar-refractivity contribution >= 4 is 11.8 Å². The molecule has 0 radical (unpaired) electrons. The van der Waals surface area contributed by atoms with Crippen LogP contribution in [-0.4, -0.2) is 22.1 Å². The van der Waals surface area contributed by atoms with E-state index in [4.69, 9.17) is 5.10 Å². The van der Waals surface area contributed by atoms with Gasteiger partial charge >= 0.3 is 0 Å². The minimum Gasteiger partial charge on any atom is -0.310 e. The van der Waals surface area contributed by atoms with Crippen molar-refractivity contribution in [2.75, 3.05) is 12.3 Å². The molecule has 0 aliphatic heterocycles. The Morgan fingerprint density at radius 1 is 1.14 bits per heavy atom. The Bertz CT molecular complexity index is 532. The molecule has 1 aromatic heterocycles. The Labute approximate surface area is 131 Å². The molecule has 0 unspecified atom stereocenters. The van der Waals surface area contributed by atoms with E-state index in [1.807, 2.05) is 11.8 Å². The molecule has 1 heterocycles. The molecule has 3 rings (SSSR count). The summed E-state index contributed by atoms with van der Waals surface area (Å²) in [6.07, 6.45) is 7.44. The van der Waals surface area contributed by atoms with E-state index in [0.717, 1.165) is 24.5 Å². The summed E-state index contributed by atoms with van der Waals surface area (Å²) in [5.41, 5.74) is 1.16. The van der Waals surface area contributed by atoms with Gasteiger partial charge in [0.25, 0.3) is 0 Å². The number of nitrogens with one attached hydrogen (secondary N) is 1. The molecule has 4 heteroatoms. The van der Waals surface area contributed by atoms with Crippen LogP contribution in [0.25, 0.3) is 0 Å². The standard InChI is InChI=1S/C17H23N3S/c1-2-8-17(9-3-1)21-13-11-18-14-15-10-12-20(19-15)16-6-4-5-7-16/h1-3,8-10,12,16,18H,4-7,11,13-14H2. The largest absolute Gasteiger partial charge is 0.310 e. The molecule has 21 heavy (non-hydrogen) atoms. The van der Waals surface area contributed by atoms with Gasteiger partial charge in [-0.05, 0) is 31.0 Å². The SMILES string of the molecule is c1ccc(SCCNCc2ccn(C3CCCC3)n2)cc1. The normalized spacial score (nSPS) is 15.6. The van der Waals surface area contributed by atoms with Gasteiger partial charge < -0.3 is 5.32 Å². The quantitative estimate of drug-likeness (QED) is 0.622. The first-order valence-corrected chi connectivity index (χ1v) is 8.83. The molecule has 0 saturated heterocycles. The second kappa shape index (κ2) is 7.66. The molecule has 1 aliphatic carbocycles. The van der Waals surface area contributed by atoms with Gasteiger partial charge in [0.05, 0.1) is 11.7 Å². The Kier molecular flexibility index (Phi) is 5.35. The van der Waals surface area contributed by atoms with Crippen LogP contribution < -0.4 is 5.32 Å². The number of rotatable bonds is 7. The van der Waals surface area contributed by atoms with Crippen LogP contribution in [0.1, 0.15) is 37.4 Å². The molecule has 112 valence electrons. The molecule has 0 bridgehead atoms. The number of benzene rings is 1. The summed E-state index contributed by atoms with van der Waals surface area (Å²) >= 11 is 1.89. The first-order valence-electron chi connectivity index (χ1n) is 7.84. The molecule has 1 N–H and O–H groups in total. The van der Waals surface area contributed by atoms with Crippen LogP contribution in [0.15, 0.2) is 47.5 Å². The van der Waals surface area contributed by atoms with E-state index < -0.39 is 0 Å². The Hall–Kier alpha value is -1.26. The van der Waals surface area contributed by atoms with E-state index >= 15 is 0 Å². The fraction of sp³-hybridized carbons (Fsp3) is 0.471. The molecule has 0 atom stereocenters. The summed E-state index contributed by atoms with van der Waals surface area (Å²) in [7, 11) is 0. The molecular formula is C17H23N3S. The molecule has 3 nitrogen and oxygen atoms in total. The number of thioether (sulfide) groups is 1. The maximum absolute atomic E-state index is 4.70. The number of hydrogen-bond donors (Lipinski definition) is 1. The average Bonchev–Trinajstić information content (AvgIpc) is 3.19. The minimum atomic E-state index is 0.646. The van der Waals surface area contributed by atoms with Gasteiger partial charge in [-0.15, -0.1) is 11.8 Å². The van der Waals surface area contributed by atoms with Gasteiger partial charge in [0.15, 0.2) is 0 Å². The zero-order chi connectivity index (χ0) is 14.3. The molecule has 0 amide bonds. The zero-order valence-corrected chi connectivity index (χ0v) is 13.2. The Morgan fingerprint density at radius 3 is 2.76 bits per heavy atom. The molecule has 0 spiro atoms. The van der Waals surface area contributed by atoms with Crippen molar-refractivity contribution in [3.8, 4) is 0 Å². The van der Waals surface area contributed by atoms with Crippen molar-refractivity contribution in [2.24, 2.45) is 0 Å². The molecule has 1 aliphatic rings. The maximum atomic E-state index is 4.70. The van der Waals surface area contributed by atoms with Gasteiger partial charge in [0.2, 0.25) is 0 Å². The summed E-state index contributed by atoms with van der Waals surface area (Å²) in [5, 5.41) is 8.17. The second-order valence-corrected chi connectivity index (χ2v) is 6.73. The van der Waals surface area contributed by atoms with Gasteiger partial charge in [-0.25, -0.2) is 0 Å². The fourth-order valence-corrected chi connectivity index (χ4v) is 3.65. The minimum absolute atomic E-state index is 0.646. The Balaban J connectivity index is 1.35. The Morgan fingerprint density at radius 2 is 1.95 bits per heavy atom. The van der Waals surface area contributed by atoms with E-state index in [1.165, 1.54) is 30.6 Å². The van der Waals surface area contributed by atoms with Crippen LogP contribution >= 0.6 is 11.8 Å². The number of nitrogens with zero attached hydrogens (tertiary/aromatic N) is 2. The summed E-state index contributed by atoms with van der Waals surface area (Å²) < 4.78 is 2.17. The average molecular weight is 301 g/mol. The summed E-state index contributed by atoms with van der Waals surface area (Å²) in [6, 6.07) is 13.4. The third kappa shape index (κ3) is 4.35. The number of hydrogen-bond acceptors (Lipinski definition) is 3. The lowest BCUT2D eigenvalue weighted by Gasteiger charge is -2.09. The van der Waals surface area contributed by atoms with Crippen LogP contribution in [0.5, 0.6) is 0 Å². The highest BCUT2D eigenvalue weighted by atomic mass is 32.2. The van der Waals surface area contributed by atoms with Crippen molar-refractivity contribution in [1.82, 2.24) is 15.1 Å². The maximum Gasteiger partial charge on any atom is 0.0762 e. The van der Waals surface area contributed by atoms with E-state index in [-0.39, 0.29) is 0 Å². The van der Waals surface area contributed by atoms with Crippen LogP contribution in [0.3, 0.4) is 0 Å². The van der Waals surface area contributed by atoms with Gasteiger partial charge in [-0.1, -0.05) is 31.0 Å². The van der Waals surface area contributed by atoms with Crippen molar-refractivity contribution < 1.29 is 0 Å². The van der Waals surface area contributed by atoms with Crippen LogP contribution in [0.4, 0.5) is 0 Å². The molecule has 1 aromatic carbocycles. The van der Waals surface area contributed by atoms with E-state index in [2.05, 4.69) is 52.6 Å². The van der Waals surface area contributed by atoms with Crippen molar-refractivity contribution in [3.05, 3.63) is 48.3 Å². The van der Waals surface area contributed by atoms with Gasteiger partial charge in [-0.2, -0.15) is 5.10 Å². The lowest BCUT2D eigenvalue weighted by Crippen LogP contribution is -2.17. The lowest BCUT2D eigenvalue weighted by atomic mass is 10.3. The molecular weight excluding hydrogens is 278 g/mol. The van der Waals surface area contributed by atoms with Crippen LogP contribution in [0.2, 0.25) is 0 Å². The van der Waals surface area contributed by atoms with E-state index in [1.54, 1.807) is 0 Å². The highest BCUT2D eigenvalue weighted by molar-refractivity contribution is 7.99. The zero-order valence-electron chi connectivity index (χ0n) is 12.4. The van der Waals surface area contributed by atoms with Crippen molar-refractivity contribution in [2.45, 2.75) is 43.2 Å². The molecule has 1 saturated carbocycles. The van der Waals surface area contributed by atoms with Crippen molar-refractivity contribution in [1.29, 1.82) is 0 Å². The van der Waals surface area contributed by atoms with Gasteiger partial charge in [0, 0.05) is 29.9 Å². The predicted molar refractivity (Wildman–Crippen MR) is 88.6 cm³/mol.